The van der Waals surface area contributed by atoms with Gasteiger partial charge in [0.1, 0.15) is 0 Å². The quantitative estimate of drug-likeness (QED) is 0.901. The molecular formula is C16H20N4O. The number of carbonyl (C=O) groups excluding carboxylic acids is 1. The van der Waals surface area contributed by atoms with Crippen LogP contribution in [0.25, 0.3) is 0 Å². The fraction of sp³-hybridized carbons (Fsp3) is 0.375. The lowest BCUT2D eigenvalue weighted by Crippen LogP contribution is -2.20. The molecule has 1 aliphatic carbocycles. The lowest BCUT2D eigenvalue weighted by Gasteiger charge is -2.25. The number of aryl methyl sites for hydroxylation is 1. The van der Waals surface area contributed by atoms with Crippen LogP contribution in [0.3, 0.4) is 0 Å². The number of aromatic nitrogens is 2. The zero-order chi connectivity index (χ0) is 14.8. The van der Waals surface area contributed by atoms with Crippen molar-refractivity contribution in [3.05, 3.63) is 47.3 Å². The number of nitrogens with two attached hydrogens (primary N) is 1. The van der Waals surface area contributed by atoms with E-state index < -0.39 is 0 Å². The highest BCUT2D eigenvalue weighted by Crippen LogP contribution is 2.33. The minimum Gasteiger partial charge on any atom is -0.378 e. The van der Waals surface area contributed by atoms with Crippen molar-refractivity contribution in [3.63, 3.8) is 0 Å². The van der Waals surface area contributed by atoms with E-state index in [1.165, 1.54) is 11.3 Å². The molecule has 0 bridgehead atoms. The Morgan fingerprint density at radius 1 is 1.48 bits per heavy atom. The van der Waals surface area contributed by atoms with E-state index in [4.69, 9.17) is 5.73 Å². The summed E-state index contributed by atoms with van der Waals surface area (Å²) in [4.78, 5) is 11.2. The predicted molar refractivity (Wildman–Crippen MR) is 81.9 cm³/mol. The van der Waals surface area contributed by atoms with Crippen LogP contribution in [0, 0.1) is 0 Å². The minimum atomic E-state index is -0.310. The van der Waals surface area contributed by atoms with Crippen LogP contribution < -0.4 is 11.1 Å². The Kier molecular flexibility index (Phi) is 3.64. The van der Waals surface area contributed by atoms with E-state index >= 15 is 0 Å². The number of para-hydroxylation sites is 1. The first kappa shape index (κ1) is 13.7. The lowest BCUT2D eigenvalue weighted by molar-refractivity contribution is -0.117. The smallest absolute Gasteiger partial charge is 0.221 e. The Hall–Kier alpha value is -2.30. The van der Waals surface area contributed by atoms with Gasteiger partial charge in [-0.2, -0.15) is 5.10 Å². The number of hydrogen-bond acceptors (Lipinski definition) is 3. The van der Waals surface area contributed by atoms with Gasteiger partial charge in [0.2, 0.25) is 5.91 Å². The number of hydrogen-bond donors (Lipinski definition) is 2. The van der Waals surface area contributed by atoms with E-state index in [1.807, 2.05) is 42.2 Å². The van der Waals surface area contributed by atoms with Crippen LogP contribution >= 0.6 is 0 Å². The van der Waals surface area contributed by atoms with Crippen molar-refractivity contribution < 1.29 is 4.79 Å². The summed E-state index contributed by atoms with van der Waals surface area (Å²) in [5, 5.41) is 7.93. The molecule has 1 amide bonds. The molecule has 21 heavy (non-hydrogen) atoms. The molecule has 0 spiro atoms. The van der Waals surface area contributed by atoms with Crippen LogP contribution in [0.1, 0.15) is 35.7 Å². The summed E-state index contributed by atoms with van der Waals surface area (Å²) in [7, 11) is 1.99. The second kappa shape index (κ2) is 5.60. The first-order chi connectivity index (χ1) is 10.1. The monoisotopic (exact) mass is 284 g/mol. The minimum absolute atomic E-state index is 0.247. The summed E-state index contributed by atoms with van der Waals surface area (Å²) < 4.78 is 1.96. The third kappa shape index (κ3) is 2.77. The van der Waals surface area contributed by atoms with E-state index in [1.54, 1.807) is 0 Å². The van der Waals surface area contributed by atoms with Crippen LogP contribution in [-0.4, -0.2) is 15.7 Å². The molecule has 0 saturated heterocycles. The van der Waals surface area contributed by atoms with Gasteiger partial charge in [-0.05, 0) is 30.9 Å². The fourth-order valence-electron chi connectivity index (χ4n) is 3.05. The Balaban J connectivity index is 1.86. The van der Waals surface area contributed by atoms with Crippen LogP contribution in [-0.2, 0) is 24.7 Å². The molecule has 0 aliphatic heterocycles. The molecular weight excluding hydrogens is 264 g/mol. The maximum absolute atomic E-state index is 11.2. The van der Waals surface area contributed by atoms with Crippen molar-refractivity contribution in [1.82, 2.24) is 9.78 Å². The molecule has 0 saturated carbocycles. The van der Waals surface area contributed by atoms with Crippen molar-refractivity contribution >= 4 is 11.6 Å². The van der Waals surface area contributed by atoms with Crippen LogP contribution in [0.2, 0.25) is 0 Å². The number of nitrogens with zero attached hydrogens (tertiary/aromatic N) is 2. The summed E-state index contributed by atoms with van der Waals surface area (Å²) in [6, 6.07) is 8.10. The van der Waals surface area contributed by atoms with Gasteiger partial charge in [0.15, 0.2) is 0 Å². The number of carbonyl (C=O) groups is 1. The van der Waals surface area contributed by atoms with Crippen molar-refractivity contribution in [2.45, 2.75) is 31.7 Å². The molecule has 0 fully saturated rings. The lowest BCUT2D eigenvalue weighted by atomic mass is 9.92. The third-order valence-electron chi connectivity index (χ3n) is 4.09. The number of primary amides is 1. The molecule has 1 atom stereocenters. The molecule has 3 N–H and O–H groups in total. The zero-order valence-electron chi connectivity index (χ0n) is 12.2. The summed E-state index contributed by atoms with van der Waals surface area (Å²) in [6.07, 6.45) is 5.50. The SMILES string of the molecule is Cn1ncc2c1CCCC2Nc1ccccc1CC(N)=O. The highest BCUT2D eigenvalue weighted by atomic mass is 16.1. The number of rotatable bonds is 4. The molecule has 1 unspecified atom stereocenters. The standard InChI is InChI=1S/C16H20N4O/c1-20-15-8-4-7-14(12(15)10-18-20)19-13-6-3-2-5-11(13)9-16(17)21/h2-3,5-6,10,14,19H,4,7-9H2,1H3,(H2,17,21). The van der Waals surface area contributed by atoms with Gasteiger partial charge in [-0.15, -0.1) is 0 Å². The van der Waals surface area contributed by atoms with Crippen molar-refractivity contribution in [2.24, 2.45) is 12.8 Å². The average Bonchev–Trinajstić information content (AvgIpc) is 2.83. The van der Waals surface area contributed by atoms with Gasteiger partial charge in [-0.1, -0.05) is 18.2 Å². The molecule has 3 rings (SSSR count). The second-order valence-corrected chi connectivity index (χ2v) is 5.56. The van der Waals surface area contributed by atoms with E-state index in [2.05, 4.69) is 10.4 Å². The van der Waals surface area contributed by atoms with E-state index in [9.17, 15) is 4.79 Å². The average molecular weight is 284 g/mol. The second-order valence-electron chi connectivity index (χ2n) is 5.56. The number of amides is 1. The molecule has 5 nitrogen and oxygen atoms in total. The normalized spacial score (nSPS) is 17.3. The zero-order valence-corrected chi connectivity index (χ0v) is 12.2. The van der Waals surface area contributed by atoms with Gasteiger partial charge in [0.25, 0.3) is 0 Å². The maximum Gasteiger partial charge on any atom is 0.221 e. The van der Waals surface area contributed by atoms with E-state index in [0.717, 1.165) is 30.5 Å². The molecule has 2 aromatic rings. The number of anilines is 1. The summed E-state index contributed by atoms with van der Waals surface area (Å²) >= 11 is 0. The maximum atomic E-state index is 11.2. The summed E-state index contributed by atoms with van der Waals surface area (Å²) in [5.74, 6) is -0.310. The molecule has 1 aliphatic rings. The molecule has 110 valence electrons. The molecule has 0 radical (unpaired) electrons. The third-order valence-corrected chi connectivity index (χ3v) is 4.09. The van der Waals surface area contributed by atoms with E-state index in [-0.39, 0.29) is 18.4 Å². The predicted octanol–water partition coefficient (Wildman–Crippen LogP) is 1.94. The fourth-order valence-corrected chi connectivity index (χ4v) is 3.05. The van der Waals surface area contributed by atoms with Crippen molar-refractivity contribution in [1.29, 1.82) is 0 Å². The summed E-state index contributed by atoms with van der Waals surface area (Å²) in [6.45, 7) is 0. The van der Waals surface area contributed by atoms with E-state index in [0.29, 0.717) is 0 Å². The van der Waals surface area contributed by atoms with Crippen LogP contribution in [0.5, 0.6) is 0 Å². The first-order valence-electron chi connectivity index (χ1n) is 7.28. The molecule has 1 aromatic carbocycles. The number of benzene rings is 1. The van der Waals surface area contributed by atoms with Gasteiger partial charge in [0.05, 0.1) is 18.7 Å². The topological polar surface area (TPSA) is 72.9 Å². The Bertz CT molecular complexity index is 662. The molecule has 1 heterocycles. The summed E-state index contributed by atoms with van der Waals surface area (Å²) in [5.41, 5.74) is 9.82. The van der Waals surface area contributed by atoms with Crippen LogP contribution in [0.4, 0.5) is 5.69 Å². The van der Waals surface area contributed by atoms with Gasteiger partial charge in [-0.3, -0.25) is 9.48 Å². The molecule has 5 heteroatoms. The van der Waals surface area contributed by atoms with Gasteiger partial charge in [-0.25, -0.2) is 0 Å². The highest BCUT2D eigenvalue weighted by molar-refractivity contribution is 5.78. The van der Waals surface area contributed by atoms with Gasteiger partial charge in [0, 0.05) is 24.0 Å². The van der Waals surface area contributed by atoms with Crippen molar-refractivity contribution in [3.8, 4) is 0 Å². The largest absolute Gasteiger partial charge is 0.378 e. The Morgan fingerprint density at radius 3 is 3.10 bits per heavy atom. The van der Waals surface area contributed by atoms with Gasteiger partial charge < -0.3 is 11.1 Å². The highest BCUT2D eigenvalue weighted by Gasteiger charge is 2.23. The number of nitrogens with one attached hydrogen (secondary N) is 1. The first-order valence-corrected chi connectivity index (χ1v) is 7.28. The van der Waals surface area contributed by atoms with Gasteiger partial charge >= 0.3 is 0 Å². The number of fused-ring (bicyclic) bond motifs is 1. The molecule has 1 aromatic heterocycles. The Morgan fingerprint density at radius 2 is 2.29 bits per heavy atom. The van der Waals surface area contributed by atoms with Crippen LogP contribution in [0.15, 0.2) is 30.5 Å². The van der Waals surface area contributed by atoms with Crippen molar-refractivity contribution in [2.75, 3.05) is 5.32 Å². The Labute approximate surface area is 124 Å².